The van der Waals surface area contributed by atoms with Crippen molar-refractivity contribution in [2.75, 3.05) is 44.7 Å². The van der Waals surface area contributed by atoms with Crippen molar-refractivity contribution in [2.24, 2.45) is 12.0 Å². The molecule has 0 bridgehead atoms. The molecule has 28 heavy (non-hydrogen) atoms. The molecule has 0 aliphatic carbocycles. The van der Waals surface area contributed by atoms with Crippen molar-refractivity contribution in [3.05, 3.63) is 12.4 Å². The third-order valence-electron chi connectivity index (χ3n) is 3.81. The van der Waals surface area contributed by atoms with Gasteiger partial charge in [-0.15, -0.1) is 24.0 Å². The molecule has 2 N–H and O–H groups in total. The molecule has 1 saturated heterocycles. The van der Waals surface area contributed by atoms with Gasteiger partial charge in [-0.05, 0) is 20.8 Å². The van der Waals surface area contributed by atoms with Crippen molar-refractivity contribution in [1.82, 2.24) is 25.3 Å². The summed E-state index contributed by atoms with van der Waals surface area (Å²) in [6, 6.07) is 0. The molecule has 11 heteroatoms. The number of alkyl carbamates (subject to hydrolysis) is 1. The van der Waals surface area contributed by atoms with Gasteiger partial charge in [-0.3, -0.25) is 14.5 Å². The molecule has 0 saturated carbocycles. The van der Waals surface area contributed by atoms with Crippen molar-refractivity contribution in [3.8, 4) is 0 Å². The van der Waals surface area contributed by atoms with Gasteiger partial charge in [0, 0.05) is 46.5 Å². The molecule has 0 radical (unpaired) electrons. The number of halogens is 1. The fraction of sp³-hybridized carbons (Fsp3) is 0.647. The minimum Gasteiger partial charge on any atom is -0.444 e. The summed E-state index contributed by atoms with van der Waals surface area (Å²) in [4.78, 5) is 31.9. The normalized spacial score (nSPS) is 15.2. The van der Waals surface area contributed by atoms with E-state index in [1.807, 2.05) is 38.9 Å². The number of ether oxygens (including phenoxy) is 1. The topological polar surface area (TPSA) is 104 Å². The largest absolute Gasteiger partial charge is 0.444 e. The molecule has 0 unspecified atom stereocenters. The molecule has 1 aliphatic rings. The molecule has 0 spiro atoms. The number of nitrogens with one attached hydrogen (secondary N) is 2. The minimum absolute atomic E-state index is 0. The fourth-order valence-corrected chi connectivity index (χ4v) is 2.66. The number of rotatable bonds is 4. The molecular weight excluding hydrogens is 477 g/mol. The first-order valence-corrected chi connectivity index (χ1v) is 8.91. The zero-order valence-electron chi connectivity index (χ0n) is 17.1. The lowest BCUT2D eigenvalue weighted by molar-refractivity contribution is -0.120. The molecule has 0 aromatic carbocycles. The van der Waals surface area contributed by atoms with Crippen LogP contribution < -0.4 is 15.5 Å². The van der Waals surface area contributed by atoms with Gasteiger partial charge in [0.1, 0.15) is 12.1 Å². The predicted molar refractivity (Wildman–Crippen MR) is 118 cm³/mol. The zero-order valence-corrected chi connectivity index (χ0v) is 19.4. The average molecular weight is 507 g/mol. The highest BCUT2D eigenvalue weighted by atomic mass is 127. The second kappa shape index (κ2) is 10.5. The maximum Gasteiger partial charge on any atom is 0.407 e. The smallest absolute Gasteiger partial charge is 0.407 e. The van der Waals surface area contributed by atoms with E-state index >= 15 is 0 Å². The number of guanidine groups is 1. The summed E-state index contributed by atoms with van der Waals surface area (Å²) in [5.74, 6) is 0.615. The van der Waals surface area contributed by atoms with Crippen LogP contribution in [0.1, 0.15) is 20.8 Å². The SMILES string of the molecule is CN=C(NCCNC(=O)OC(C)(C)C)N1CCN(c2cnn(C)c2)C(=O)C1.I. The maximum absolute atomic E-state index is 12.5. The van der Waals surface area contributed by atoms with E-state index < -0.39 is 11.7 Å². The van der Waals surface area contributed by atoms with Gasteiger partial charge in [0.25, 0.3) is 0 Å². The summed E-state index contributed by atoms with van der Waals surface area (Å²) in [6.07, 6.45) is 3.05. The third-order valence-corrected chi connectivity index (χ3v) is 3.81. The minimum atomic E-state index is -0.526. The molecule has 1 aliphatic heterocycles. The molecule has 2 amide bonds. The summed E-state index contributed by atoms with van der Waals surface area (Å²) >= 11 is 0. The maximum atomic E-state index is 12.5. The van der Waals surface area contributed by atoms with Gasteiger partial charge in [0.15, 0.2) is 5.96 Å². The Morgan fingerprint density at radius 3 is 2.50 bits per heavy atom. The van der Waals surface area contributed by atoms with Crippen LogP contribution in [0.25, 0.3) is 0 Å². The number of hydrogen-bond donors (Lipinski definition) is 2. The van der Waals surface area contributed by atoms with Crippen molar-refractivity contribution in [3.63, 3.8) is 0 Å². The van der Waals surface area contributed by atoms with Crippen LogP contribution in [-0.2, 0) is 16.6 Å². The Balaban J connectivity index is 0.00000392. The monoisotopic (exact) mass is 507 g/mol. The lowest BCUT2D eigenvalue weighted by Crippen LogP contribution is -2.56. The molecule has 1 aromatic heterocycles. The number of aromatic nitrogens is 2. The molecule has 2 rings (SSSR count). The van der Waals surface area contributed by atoms with Crippen LogP contribution >= 0.6 is 24.0 Å². The zero-order chi connectivity index (χ0) is 20.0. The predicted octanol–water partition coefficient (Wildman–Crippen LogP) is 0.787. The van der Waals surface area contributed by atoms with Gasteiger partial charge >= 0.3 is 6.09 Å². The summed E-state index contributed by atoms with van der Waals surface area (Å²) in [5.41, 5.74) is 0.272. The van der Waals surface area contributed by atoms with Crippen LogP contribution in [0.15, 0.2) is 17.4 Å². The van der Waals surface area contributed by atoms with Crippen molar-refractivity contribution in [2.45, 2.75) is 26.4 Å². The molecule has 2 heterocycles. The Bertz CT molecular complexity index is 699. The van der Waals surface area contributed by atoms with Crippen molar-refractivity contribution < 1.29 is 14.3 Å². The molecule has 1 aromatic rings. The lowest BCUT2D eigenvalue weighted by Gasteiger charge is -2.35. The Morgan fingerprint density at radius 2 is 1.96 bits per heavy atom. The van der Waals surface area contributed by atoms with E-state index in [2.05, 4.69) is 20.7 Å². The van der Waals surface area contributed by atoms with Crippen molar-refractivity contribution in [1.29, 1.82) is 0 Å². The van der Waals surface area contributed by atoms with Gasteiger partial charge in [0.2, 0.25) is 5.91 Å². The Morgan fingerprint density at radius 1 is 1.29 bits per heavy atom. The number of aliphatic imine (C=N–C) groups is 1. The molecule has 158 valence electrons. The number of amides is 2. The van der Waals surface area contributed by atoms with E-state index in [-0.39, 0.29) is 36.4 Å². The Hall–Kier alpha value is -2.05. The highest BCUT2D eigenvalue weighted by Crippen LogP contribution is 2.16. The third kappa shape index (κ3) is 7.17. The second-order valence-electron chi connectivity index (χ2n) is 7.24. The summed E-state index contributed by atoms with van der Waals surface area (Å²) < 4.78 is 6.86. The van der Waals surface area contributed by atoms with E-state index in [9.17, 15) is 9.59 Å². The highest BCUT2D eigenvalue weighted by Gasteiger charge is 2.27. The fourth-order valence-electron chi connectivity index (χ4n) is 2.66. The van der Waals surface area contributed by atoms with Crippen LogP contribution in [-0.4, -0.2) is 78.0 Å². The number of aryl methyl sites for hydroxylation is 1. The quantitative estimate of drug-likeness (QED) is 0.270. The molecular formula is C17H30IN7O3. The Kier molecular flexibility index (Phi) is 8.98. The lowest BCUT2D eigenvalue weighted by atomic mass is 10.2. The summed E-state index contributed by atoms with van der Waals surface area (Å²) in [6.45, 7) is 7.74. The summed E-state index contributed by atoms with van der Waals surface area (Å²) in [7, 11) is 3.49. The molecule has 0 atom stereocenters. The number of carbonyl (C=O) groups excluding carboxylic acids is 2. The second-order valence-corrected chi connectivity index (χ2v) is 7.24. The first-order chi connectivity index (χ1) is 12.7. The van der Waals surface area contributed by atoms with Crippen LogP contribution in [0.3, 0.4) is 0 Å². The summed E-state index contributed by atoms with van der Waals surface area (Å²) in [5, 5.41) is 9.95. The first-order valence-electron chi connectivity index (χ1n) is 8.91. The number of piperazine rings is 1. The van der Waals surface area contributed by atoms with E-state index in [1.54, 1.807) is 22.8 Å². The van der Waals surface area contributed by atoms with E-state index in [0.717, 1.165) is 5.69 Å². The first kappa shape index (κ1) is 24.0. The van der Waals surface area contributed by atoms with Gasteiger partial charge in [-0.25, -0.2) is 4.79 Å². The number of anilines is 1. The average Bonchev–Trinajstić information content (AvgIpc) is 2.99. The van der Waals surface area contributed by atoms with Crippen LogP contribution in [0.2, 0.25) is 0 Å². The number of hydrogen-bond acceptors (Lipinski definition) is 5. The van der Waals surface area contributed by atoms with E-state index in [0.29, 0.717) is 32.1 Å². The van der Waals surface area contributed by atoms with Crippen LogP contribution in [0, 0.1) is 0 Å². The molecule has 10 nitrogen and oxygen atoms in total. The van der Waals surface area contributed by atoms with E-state index in [4.69, 9.17) is 4.74 Å². The van der Waals surface area contributed by atoms with Crippen LogP contribution in [0.5, 0.6) is 0 Å². The van der Waals surface area contributed by atoms with Crippen LogP contribution in [0.4, 0.5) is 10.5 Å². The van der Waals surface area contributed by atoms with Crippen molar-refractivity contribution >= 4 is 47.6 Å². The van der Waals surface area contributed by atoms with Gasteiger partial charge in [-0.2, -0.15) is 5.10 Å². The Labute approximate surface area is 182 Å². The highest BCUT2D eigenvalue weighted by molar-refractivity contribution is 14.0. The van der Waals surface area contributed by atoms with Gasteiger partial charge in [-0.1, -0.05) is 0 Å². The molecule has 1 fully saturated rings. The standard InChI is InChI=1S/C17H29N7O3.HI/c1-17(2,3)27-16(26)20-7-6-19-15(18-4)23-8-9-24(14(25)12-23)13-10-21-22(5)11-13;/h10-11H,6-9,12H2,1-5H3,(H,18,19)(H,20,26);1H. The van der Waals surface area contributed by atoms with Gasteiger partial charge in [0.05, 0.1) is 11.9 Å². The van der Waals surface area contributed by atoms with E-state index in [1.165, 1.54) is 0 Å². The number of nitrogens with zero attached hydrogens (tertiary/aromatic N) is 5. The van der Waals surface area contributed by atoms with Gasteiger partial charge < -0.3 is 25.2 Å². The number of carbonyl (C=O) groups is 2.